The van der Waals surface area contributed by atoms with Crippen molar-refractivity contribution in [3.8, 4) is 0 Å². The van der Waals surface area contributed by atoms with Gasteiger partial charge in [0.1, 0.15) is 18.1 Å². The number of thiol groups is 1. The van der Waals surface area contributed by atoms with E-state index in [-0.39, 0.29) is 24.0 Å². The molecule has 10 heteroatoms. The van der Waals surface area contributed by atoms with Crippen molar-refractivity contribution in [2.24, 2.45) is 17.6 Å². The maximum absolute atomic E-state index is 13.2. The molecule has 1 aromatic carbocycles. The summed E-state index contributed by atoms with van der Waals surface area (Å²) in [5.41, 5.74) is 6.77. The highest BCUT2D eigenvalue weighted by atomic mass is 32.1. The van der Waals surface area contributed by atoms with Gasteiger partial charge < -0.3 is 26.8 Å². The second kappa shape index (κ2) is 13.8. The minimum atomic E-state index is -1.22. The Morgan fingerprint density at radius 2 is 1.52 bits per heavy atom. The molecule has 0 bridgehead atoms. The van der Waals surface area contributed by atoms with Crippen LogP contribution in [0.1, 0.15) is 39.7 Å². The molecule has 1 aromatic rings. The maximum atomic E-state index is 13.2. The average molecular weight is 481 g/mol. The van der Waals surface area contributed by atoms with Crippen LogP contribution in [0.2, 0.25) is 0 Å². The zero-order valence-electron chi connectivity index (χ0n) is 19.6. The summed E-state index contributed by atoms with van der Waals surface area (Å²) in [6.07, 6.45) is 0.761. The van der Waals surface area contributed by atoms with E-state index in [1.165, 1.54) is 0 Å². The molecular weight excluding hydrogens is 444 g/mol. The molecule has 3 amide bonds. The molecule has 0 aliphatic heterocycles. The minimum absolute atomic E-state index is 0.0952. The second-order valence-corrected chi connectivity index (χ2v) is 8.84. The van der Waals surface area contributed by atoms with Crippen molar-refractivity contribution in [2.75, 3.05) is 5.75 Å². The quantitative estimate of drug-likeness (QED) is 0.229. The van der Waals surface area contributed by atoms with E-state index in [2.05, 4.69) is 28.6 Å². The summed E-state index contributed by atoms with van der Waals surface area (Å²) < 4.78 is 0. The van der Waals surface area contributed by atoms with Crippen LogP contribution in [0, 0.1) is 11.8 Å². The van der Waals surface area contributed by atoms with Crippen LogP contribution in [0.5, 0.6) is 0 Å². The Balaban J connectivity index is 3.11. The van der Waals surface area contributed by atoms with Crippen LogP contribution in [0.4, 0.5) is 0 Å². The van der Waals surface area contributed by atoms with Gasteiger partial charge in [-0.1, -0.05) is 64.4 Å². The molecule has 0 fully saturated rings. The first-order valence-corrected chi connectivity index (χ1v) is 11.7. The molecule has 0 saturated carbocycles. The molecule has 0 heterocycles. The number of carbonyl (C=O) groups is 4. The number of carboxylic acid groups (broad SMARTS) is 1. The molecule has 0 spiro atoms. The Kier molecular flexibility index (Phi) is 11.9. The lowest BCUT2D eigenvalue weighted by Crippen LogP contribution is -2.59. The van der Waals surface area contributed by atoms with E-state index >= 15 is 0 Å². The van der Waals surface area contributed by atoms with Gasteiger partial charge in [0, 0.05) is 12.2 Å². The number of benzene rings is 1. The van der Waals surface area contributed by atoms with Gasteiger partial charge in [-0.25, -0.2) is 4.79 Å². The van der Waals surface area contributed by atoms with Crippen molar-refractivity contribution < 1.29 is 24.3 Å². The summed E-state index contributed by atoms with van der Waals surface area (Å²) in [4.78, 5) is 49.9. The Bertz CT molecular complexity index is 805. The van der Waals surface area contributed by atoms with E-state index in [0.717, 1.165) is 5.56 Å². The minimum Gasteiger partial charge on any atom is -0.480 e. The summed E-state index contributed by atoms with van der Waals surface area (Å²) in [6, 6.07) is 5.22. The fourth-order valence-corrected chi connectivity index (χ4v) is 3.28. The number of amides is 3. The van der Waals surface area contributed by atoms with Crippen LogP contribution < -0.4 is 21.7 Å². The lowest BCUT2D eigenvalue weighted by atomic mass is 9.96. The van der Waals surface area contributed by atoms with Crippen LogP contribution in [-0.2, 0) is 25.6 Å². The van der Waals surface area contributed by atoms with Crippen LogP contribution in [0.25, 0.3) is 0 Å². The summed E-state index contributed by atoms with van der Waals surface area (Å²) in [7, 11) is 0. The molecule has 33 heavy (non-hydrogen) atoms. The van der Waals surface area contributed by atoms with E-state index in [9.17, 15) is 24.3 Å². The fourth-order valence-electron chi connectivity index (χ4n) is 3.03. The maximum Gasteiger partial charge on any atom is 0.327 e. The van der Waals surface area contributed by atoms with E-state index in [4.69, 9.17) is 5.73 Å². The fraction of sp³-hybridized carbons (Fsp3) is 0.565. The second-order valence-electron chi connectivity index (χ2n) is 8.47. The molecule has 0 aromatic heterocycles. The highest BCUT2D eigenvalue weighted by Gasteiger charge is 2.32. The molecule has 5 unspecified atom stereocenters. The van der Waals surface area contributed by atoms with Crippen LogP contribution in [0.15, 0.2) is 30.3 Å². The zero-order valence-corrected chi connectivity index (χ0v) is 20.5. The topological polar surface area (TPSA) is 151 Å². The summed E-state index contributed by atoms with van der Waals surface area (Å²) in [5.74, 6) is -3.37. The number of hydrogen-bond donors (Lipinski definition) is 6. The first-order chi connectivity index (χ1) is 15.5. The molecule has 6 N–H and O–H groups in total. The molecule has 0 aliphatic rings. The summed E-state index contributed by atoms with van der Waals surface area (Å²) in [6.45, 7) is 7.25. The normalized spacial score (nSPS) is 15.6. The molecule has 0 saturated heterocycles. The molecule has 1 rings (SSSR count). The van der Waals surface area contributed by atoms with E-state index in [0.29, 0.717) is 6.42 Å². The van der Waals surface area contributed by atoms with Gasteiger partial charge in [-0.05, 0) is 17.4 Å². The lowest BCUT2D eigenvalue weighted by molar-refractivity contribution is -0.142. The third-order valence-corrected chi connectivity index (χ3v) is 5.89. The van der Waals surface area contributed by atoms with Crippen LogP contribution >= 0.6 is 12.6 Å². The number of carboxylic acids is 1. The number of nitrogens with one attached hydrogen (secondary N) is 3. The van der Waals surface area contributed by atoms with Crippen LogP contribution in [0.3, 0.4) is 0 Å². The number of nitrogens with two attached hydrogens (primary N) is 1. The third-order valence-electron chi connectivity index (χ3n) is 5.53. The van der Waals surface area contributed by atoms with Crippen molar-refractivity contribution in [1.29, 1.82) is 0 Å². The van der Waals surface area contributed by atoms with E-state index < -0.39 is 47.9 Å². The molecular formula is C23H36N4O5S. The van der Waals surface area contributed by atoms with Crippen molar-refractivity contribution in [3.63, 3.8) is 0 Å². The Morgan fingerprint density at radius 1 is 0.939 bits per heavy atom. The van der Waals surface area contributed by atoms with Gasteiger partial charge >= 0.3 is 5.97 Å². The SMILES string of the molecule is CCC(C)C(NC(=O)C(Cc1ccccc1)NC(=O)C(N)C(C)C)C(=O)NC(CS)C(=O)O. The van der Waals surface area contributed by atoms with Gasteiger partial charge in [0.05, 0.1) is 6.04 Å². The van der Waals surface area contributed by atoms with Gasteiger partial charge in [0.15, 0.2) is 0 Å². The Hall–Kier alpha value is -2.59. The highest BCUT2D eigenvalue weighted by Crippen LogP contribution is 2.11. The largest absolute Gasteiger partial charge is 0.480 e. The van der Waals surface area contributed by atoms with E-state index in [1.54, 1.807) is 20.8 Å². The van der Waals surface area contributed by atoms with Gasteiger partial charge in [-0.15, -0.1) is 0 Å². The number of hydrogen-bond acceptors (Lipinski definition) is 6. The number of carbonyl (C=O) groups excluding carboxylic acids is 3. The van der Waals surface area contributed by atoms with Gasteiger partial charge in [0.2, 0.25) is 17.7 Å². The Morgan fingerprint density at radius 3 is 2.00 bits per heavy atom. The standard InChI is InChI=1S/C23H36N4O5S/c1-5-14(4)19(22(30)26-17(12-33)23(31)32)27-20(28)16(11-15-9-7-6-8-10-15)25-21(29)18(24)13(2)3/h6-10,13-14,16-19,33H,5,11-12,24H2,1-4H3,(H,25,29)(H,26,30)(H,27,28)(H,31,32). The summed E-state index contributed by atoms with van der Waals surface area (Å²) in [5, 5.41) is 17.0. The van der Waals surface area contributed by atoms with E-state index in [1.807, 2.05) is 37.3 Å². The van der Waals surface area contributed by atoms with Gasteiger partial charge in [-0.2, -0.15) is 12.6 Å². The zero-order chi connectivity index (χ0) is 25.1. The van der Waals surface area contributed by atoms with Gasteiger partial charge in [-0.3, -0.25) is 14.4 Å². The number of aliphatic carboxylic acids is 1. The van der Waals surface area contributed by atoms with Crippen LogP contribution in [-0.4, -0.2) is 58.7 Å². The van der Waals surface area contributed by atoms with Crippen molar-refractivity contribution >= 4 is 36.3 Å². The van der Waals surface area contributed by atoms with Crippen molar-refractivity contribution in [1.82, 2.24) is 16.0 Å². The summed E-state index contributed by atoms with van der Waals surface area (Å²) >= 11 is 3.96. The molecule has 0 radical (unpaired) electrons. The first-order valence-electron chi connectivity index (χ1n) is 11.1. The average Bonchev–Trinajstić information content (AvgIpc) is 2.79. The smallest absolute Gasteiger partial charge is 0.327 e. The predicted octanol–water partition coefficient (Wildman–Crippen LogP) is 0.727. The van der Waals surface area contributed by atoms with Crippen molar-refractivity contribution in [2.45, 2.75) is 64.7 Å². The molecule has 9 nitrogen and oxygen atoms in total. The highest BCUT2D eigenvalue weighted by molar-refractivity contribution is 7.80. The van der Waals surface area contributed by atoms with Gasteiger partial charge in [0.25, 0.3) is 0 Å². The first kappa shape index (κ1) is 28.4. The predicted molar refractivity (Wildman–Crippen MR) is 130 cm³/mol. The number of rotatable bonds is 13. The lowest BCUT2D eigenvalue weighted by Gasteiger charge is -2.28. The Labute approximate surface area is 200 Å². The monoisotopic (exact) mass is 480 g/mol. The molecule has 5 atom stereocenters. The molecule has 184 valence electrons. The van der Waals surface area contributed by atoms with Crippen molar-refractivity contribution in [3.05, 3.63) is 35.9 Å². The third kappa shape index (κ3) is 9.05. The molecule has 0 aliphatic carbocycles.